The van der Waals surface area contributed by atoms with Gasteiger partial charge in [-0.05, 0) is 42.3 Å². The minimum absolute atomic E-state index is 0.0154. The lowest BCUT2D eigenvalue weighted by Crippen LogP contribution is -2.38. The Morgan fingerprint density at radius 3 is 2.66 bits per heavy atom. The maximum Gasteiger partial charge on any atom is 0.251 e. The summed E-state index contributed by atoms with van der Waals surface area (Å²) in [5.41, 5.74) is 2.50. The van der Waals surface area contributed by atoms with Crippen molar-refractivity contribution in [3.05, 3.63) is 71.7 Å². The van der Waals surface area contributed by atoms with Crippen molar-refractivity contribution in [3.63, 3.8) is 0 Å². The number of aliphatic hydroxyl groups excluding tert-OH is 1. The Balaban J connectivity index is 1.57. The van der Waals surface area contributed by atoms with Crippen LogP contribution in [0.2, 0.25) is 0 Å². The third-order valence-corrected chi connectivity index (χ3v) is 5.81. The van der Waals surface area contributed by atoms with E-state index in [1.807, 2.05) is 6.92 Å². The molecule has 2 amide bonds. The molecular formula is C26H26F2N6O4. The molecule has 2 aromatic carbocycles. The molecule has 0 saturated heterocycles. The normalized spacial score (nSPS) is 10.9. The van der Waals surface area contributed by atoms with E-state index in [1.54, 1.807) is 28.8 Å². The number of fused-ring (bicyclic) bond motifs is 1. The summed E-state index contributed by atoms with van der Waals surface area (Å²) >= 11 is 0. The predicted molar refractivity (Wildman–Crippen MR) is 136 cm³/mol. The van der Waals surface area contributed by atoms with E-state index in [-0.39, 0.29) is 31.0 Å². The van der Waals surface area contributed by atoms with Gasteiger partial charge < -0.3 is 25.8 Å². The van der Waals surface area contributed by atoms with Crippen molar-refractivity contribution in [3.8, 4) is 17.0 Å². The molecule has 0 radical (unpaired) electrons. The van der Waals surface area contributed by atoms with Gasteiger partial charge in [0.25, 0.3) is 5.91 Å². The molecular weight excluding hydrogens is 498 g/mol. The van der Waals surface area contributed by atoms with Gasteiger partial charge in [0.15, 0.2) is 23.0 Å². The van der Waals surface area contributed by atoms with Gasteiger partial charge in [0.05, 0.1) is 32.2 Å². The molecule has 0 fully saturated rings. The van der Waals surface area contributed by atoms with Gasteiger partial charge in [-0.3, -0.25) is 14.0 Å². The number of aromatic nitrogens is 3. The fourth-order valence-electron chi connectivity index (χ4n) is 3.93. The van der Waals surface area contributed by atoms with Crippen molar-refractivity contribution in [2.24, 2.45) is 0 Å². The lowest BCUT2D eigenvalue weighted by atomic mass is 10.0. The van der Waals surface area contributed by atoms with E-state index in [4.69, 9.17) is 9.84 Å². The van der Waals surface area contributed by atoms with Crippen LogP contribution in [0.25, 0.3) is 16.9 Å². The average Bonchev–Trinajstić information content (AvgIpc) is 3.36. The van der Waals surface area contributed by atoms with Crippen LogP contribution >= 0.6 is 0 Å². The zero-order valence-electron chi connectivity index (χ0n) is 20.7. The predicted octanol–water partition coefficient (Wildman–Crippen LogP) is 2.83. The van der Waals surface area contributed by atoms with Crippen LogP contribution in [0.4, 0.5) is 20.3 Å². The fourth-order valence-corrected chi connectivity index (χ4v) is 3.93. The Hall–Kier alpha value is -4.58. The molecule has 0 aliphatic heterocycles. The maximum absolute atomic E-state index is 14.7. The number of carbonyl (C=O) groups is 2. The third kappa shape index (κ3) is 5.39. The van der Waals surface area contributed by atoms with Gasteiger partial charge in [0, 0.05) is 35.8 Å². The van der Waals surface area contributed by atoms with Crippen LogP contribution in [-0.4, -0.2) is 58.1 Å². The molecule has 0 aliphatic rings. The van der Waals surface area contributed by atoms with E-state index in [2.05, 4.69) is 25.9 Å². The molecule has 4 aromatic rings. The van der Waals surface area contributed by atoms with Crippen LogP contribution in [0, 0.1) is 11.6 Å². The first-order valence-electron chi connectivity index (χ1n) is 11.8. The SMILES string of the molecule is CCc1cc(Nc2nccn3c(-c4ccc(OC)c(F)c4F)cnc23)ccc1C(=O)NCC(=O)NCCO. The van der Waals surface area contributed by atoms with Crippen LogP contribution in [-0.2, 0) is 11.2 Å². The number of hydrogen-bond acceptors (Lipinski definition) is 7. The molecule has 0 spiro atoms. The number of aryl methyl sites for hydroxylation is 1. The number of methoxy groups -OCH3 is 1. The number of halogens is 2. The molecule has 0 saturated carbocycles. The summed E-state index contributed by atoms with van der Waals surface area (Å²) in [5.74, 6) is -2.77. The van der Waals surface area contributed by atoms with Gasteiger partial charge in [-0.2, -0.15) is 4.39 Å². The number of rotatable bonds is 10. The smallest absolute Gasteiger partial charge is 0.251 e. The van der Waals surface area contributed by atoms with Crippen LogP contribution < -0.4 is 20.7 Å². The third-order valence-electron chi connectivity index (χ3n) is 5.81. The van der Waals surface area contributed by atoms with E-state index in [9.17, 15) is 18.4 Å². The Labute approximate surface area is 216 Å². The molecule has 10 nitrogen and oxygen atoms in total. The zero-order chi connectivity index (χ0) is 27.2. The summed E-state index contributed by atoms with van der Waals surface area (Å²) in [4.78, 5) is 33.0. The first kappa shape index (κ1) is 26.5. The molecule has 2 heterocycles. The Bertz CT molecular complexity index is 1490. The number of amides is 2. The highest BCUT2D eigenvalue weighted by Gasteiger charge is 2.19. The highest BCUT2D eigenvalue weighted by molar-refractivity contribution is 5.98. The lowest BCUT2D eigenvalue weighted by molar-refractivity contribution is -0.120. The van der Waals surface area contributed by atoms with Gasteiger partial charge in [0.1, 0.15) is 0 Å². The summed E-state index contributed by atoms with van der Waals surface area (Å²) in [6, 6.07) is 7.87. The molecule has 4 N–H and O–H groups in total. The molecule has 0 atom stereocenters. The summed E-state index contributed by atoms with van der Waals surface area (Å²) in [7, 11) is 1.26. The minimum atomic E-state index is -1.09. The van der Waals surface area contributed by atoms with Crippen LogP contribution in [0.5, 0.6) is 5.75 Å². The van der Waals surface area contributed by atoms with E-state index in [0.29, 0.717) is 34.8 Å². The average molecular weight is 525 g/mol. The summed E-state index contributed by atoms with van der Waals surface area (Å²) in [5, 5.41) is 17.0. The molecule has 2 aromatic heterocycles. The zero-order valence-corrected chi connectivity index (χ0v) is 20.7. The quantitative estimate of drug-likeness (QED) is 0.251. The van der Waals surface area contributed by atoms with Crippen molar-refractivity contribution < 1.29 is 28.2 Å². The summed E-state index contributed by atoms with van der Waals surface area (Å²) in [6.45, 7) is 1.61. The summed E-state index contributed by atoms with van der Waals surface area (Å²) < 4.78 is 35.5. The molecule has 0 unspecified atom stereocenters. The van der Waals surface area contributed by atoms with Crippen molar-refractivity contribution in [1.29, 1.82) is 0 Å². The van der Waals surface area contributed by atoms with E-state index < -0.39 is 23.4 Å². The number of hydrogen-bond donors (Lipinski definition) is 4. The topological polar surface area (TPSA) is 130 Å². The monoisotopic (exact) mass is 524 g/mol. The van der Waals surface area contributed by atoms with E-state index >= 15 is 0 Å². The van der Waals surface area contributed by atoms with Crippen LogP contribution in [0.3, 0.4) is 0 Å². The van der Waals surface area contributed by atoms with Crippen molar-refractivity contribution in [2.75, 3.05) is 32.1 Å². The first-order valence-corrected chi connectivity index (χ1v) is 11.8. The second-order valence-electron chi connectivity index (χ2n) is 8.16. The van der Waals surface area contributed by atoms with Gasteiger partial charge in [0.2, 0.25) is 11.7 Å². The number of nitrogens with zero attached hydrogens (tertiary/aromatic N) is 3. The van der Waals surface area contributed by atoms with Crippen molar-refractivity contribution >= 4 is 29.0 Å². The highest BCUT2D eigenvalue weighted by Crippen LogP contribution is 2.31. The molecule has 38 heavy (non-hydrogen) atoms. The highest BCUT2D eigenvalue weighted by atomic mass is 19.2. The number of ether oxygens (including phenoxy) is 1. The Morgan fingerprint density at radius 2 is 1.92 bits per heavy atom. The summed E-state index contributed by atoms with van der Waals surface area (Å²) in [6.07, 6.45) is 5.06. The van der Waals surface area contributed by atoms with E-state index in [1.165, 1.54) is 31.6 Å². The van der Waals surface area contributed by atoms with Crippen molar-refractivity contribution in [2.45, 2.75) is 13.3 Å². The first-order chi connectivity index (χ1) is 18.4. The number of imidazole rings is 1. The molecule has 0 bridgehead atoms. The van der Waals surface area contributed by atoms with Gasteiger partial charge >= 0.3 is 0 Å². The van der Waals surface area contributed by atoms with Gasteiger partial charge in [-0.25, -0.2) is 14.4 Å². The number of benzene rings is 2. The number of anilines is 2. The molecule has 198 valence electrons. The maximum atomic E-state index is 14.7. The van der Waals surface area contributed by atoms with E-state index in [0.717, 1.165) is 5.56 Å². The molecule has 0 aliphatic carbocycles. The second kappa shape index (κ2) is 11.6. The standard InChI is InChI=1S/C26H26F2N6O4/c1-3-15-12-16(4-5-17(15)26(37)32-14-21(36)29-9-11-35)33-24-25-31-13-19(34(25)10-8-30-24)18-6-7-20(38-2)23(28)22(18)27/h4-8,10,12-13,35H,3,9,11,14H2,1-2H3,(H,29,36)(H,30,33)(H,32,37). The van der Waals surface area contributed by atoms with Gasteiger partial charge in [-0.15, -0.1) is 0 Å². The van der Waals surface area contributed by atoms with Crippen LogP contribution in [0.1, 0.15) is 22.8 Å². The molecule has 4 rings (SSSR count). The Morgan fingerprint density at radius 1 is 1.11 bits per heavy atom. The minimum Gasteiger partial charge on any atom is -0.494 e. The fraction of sp³-hybridized carbons (Fsp3) is 0.231. The van der Waals surface area contributed by atoms with Crippen molar-refractivity contribution in [1.82, 2.24) is 25.0 Å². The van der Waals surface area contributed by atoms with Crippen LogP contribution in [0.15, 0.2) is 48.9 Å². The molecule has 12 heteroatoms. The number of aliphatic hydroxyl groups is 1. The largest absolute Gasteiger partial charge is 0.494 e. The number of nitrogens with one attached hydrogen (secondary N) is 3. The second-order valence-corrected chi connectivity index (χ2v) is 8.16. The lowest BCUT2D eigenvalue weighted by Gasteiger charge is -2.13. The van der Waals surface area contributed by atoms with Gasteiger partial charge in [-0.1, -0.05) is 6.92 Å². The number of carbonyl (C=O) groups excluding carboxylic acids is 2. The Kier molecular flexibility index (Phi) is 8.12.